The van der Waals surface area contributed by atoms with E-state index in [2.05, 4.69) is 33.0 Å². The number of pyridine rings is 1. The molecule has 0 aliphatic rings. The Morgan fingerprint density at radius 3 is 2.69 bits per heavy atom. The number of alkyl halides is 2. The lowest BCUT2D eigenvalue weighted by molar-refractivity contribution is 0.146. The number of anilines is 1. The van der Waals surface area contributed by atoms with Gasteiger partial charge in [-0.15, -0.1) is 0 Å². The Morgan fingerprint density at radius 1 is 1.31 bits per heavy atom. The Balaban J connectivity index is 2.73. The molecule has 2 aromatic rings. The molecule has 0 saturated heterocycles. The number of nitrogens with one attached hydrogen (secondary N) is 1. The van der Waals surface area contributed by atoms with Crippen LogP contribution < -0.4 is 11.3 Å². The molecule has 0 radical (unpaired) electrons. The van der Waals surface area contributed by atoms with Crippen LogP contribution in [0.15, 0.2) is 24.3 Å². The van der Waals surface area contributed by atoms with E-state index in [1.807, 2.05) is 12.1 Å². The van der Waals surface area contributed by atoms with E-state index in [9.17, 15) is 8.78 Å². The molecule has 0 amide bonds. The number of hydrogen-bond acceptors (Lipinski definition) is 3. The summed E-state index contributed by atoms with van der Waals surface area (Å²) in [6.45, 7) is 0. The van der Waals surface area contributed by atoms with Gasteiger partial charge in [-0.2, -0.15) is 0 Å². The van der Waals surface area contributed by atoms with E-state index in [1.165, 1.54) is 6.07 Å². The van der Waals surface area contributed by atoms with Gasteiger partial charge in [-0.25, -0.2) is 13.8 Å². The van der Waals surface area contributed by atoms with Crippen LogP contribution in [-0.2, 0) is 0 Å². The van der Waals surface area contributed by atoms with Crippen LogP contribution in [0.5, 0.6) is 0 Å². The maximum absolute atomic E-state index is 12.6. The molecule has 1 aromatic heterocycles. The third-order valence-electron chi connectivity index (χ3n) is 2.17. The highest BCUT2D eigenvalue weighted by molar-refractivity contribution is 14.1. The molecule has 84 valence electrons. The van der Waals surface area contributed by atoms with E-state index in [1.54, 1.807) is 6.07 Å². The second-order valence-corrected chi connectivity index (χ2v) is 4.45. The maximum Gasteiger partial charge on any atom is 0.280 e. The molecule has 16 heavy (non-hydrogen) atoms. The molecule has 3 N–H and O–H groups in total. The summed E-state index contributed by atoms with van der Waals surface area (Å²) in [5.41, 5.74) is 3.10. The zero-order chi connectivity index (χ0) is 11.7. The molecule has 6 heteroatoms. The summed E-state index contributed by atoms with van der Waals surface area (Å²) in [4.78, 5) is 3.88. The Morgan fingerprint density at radius 2 is 2.06 bits per heavy atom. The van der Waals surface area contributed by atoms with Gasteiger partial charge in [0.05, 0.1) is 11.2 Å². The molecule has 2 rings (SSSR count). The van der Waals surface area contributed by atoms with E-state index in [0.29, 0.717) is 11.2 Å². The number of nitrogens with zero attached hydrogens (tertiary/aromatic N) is 1. The van der Waals surface area contributed by atoms with E-state index in [4.69, 9.17) is 5.84 Å². The highest BCUT2D eigenvalue weighted by Gasteiger charge is 2.12. The van der Waals surface area contributed by atoms with E-state index < -0.39 is 6.43 Å². The fraction of sp³-hybridized carbons (Fsp3) is 0.100. The molecular formula is C10H8F2IN3. The zero-order valence-corrected chi connectivity index (χ0v) is 10.2. The monoisotopic (exact) mass is 335 g/mol. The highest BCUT2D eigenvalue weighted by Crippen LogP contribution is 2.28. The molecular weight excluding hydrogens is 327 g/mol. The standard InChI is InChI=1S/C10H8F2IN3/c11-10(12)9-4-8(16-14)6-3-5(13)1-2-7(6)15-9/h1-4,10H,14H2,(H,15,16). The van der Waals surface area contributed by atoms with Gasteiger partial charge in [0, 0.05) is 8.96 Å². The number of benzene rings is 1. The number of hydrazine groups is 1. The number of fused-ring (bicyclic) bond motifs is 1. The minimum Gasteiger partial charge on any atom is -0.323 e. The van der Waals surface area contributed by atoms with Gasteiger partial charge in [-0.1, -0.05) is 0 Å². The molecule has 0 atom stereocenters. The fourth-order valence-electron chi connectivity index (χ4n) is 1.45. The lowest BCUT2D eigenvalue weighted by Gasteiger charge is -2.08. The largest absolute Gasteiger partial charge is 0.323 e. The van der Waals surface area contributed by atoms with Crippen LogP contribution >= 0.6 is 22.6 Å². The van der Waals surface area contributed by atoms with Gasteiger partial charge >= 0.3 is 0 Å². The van der Waals surface area contributed by atoms with Gasteiger partial charge in [-0.3, -0.25) is 5.84 Å². The number of rotatable bonds is 2. The van der Waals surface area contributed by atoms with Crippen LogP contribution in [-0.4, -0.2) is 4.98 Å². The summed E-state index contributed by atoms with van der Waals surface area (Å²) in [5.74, 6) is 5.31. The summed E-state index contributed by atoms with van der Waals surface area (Å²) >= 11 is 2.14. The predicted octanol–water partition coefficient (Wildman–Crippen LogP) is 3.06. The normalized spacial score (nSPS) is 11.1. The number of halogens is 3. The van der Waals surface area contributed by atoms with Gasteiger partial charge in [-0.05, 0) is 46.9 Å². The van der Waals surface area contributed by atoms with Gasteiger partial charge in [0.2, 0.25) is 0 Å². The Bertz CT molecular complexity index is 531. The van der Waals surface area contributed by atoms with Crippen LogP contribution in [0.3, 0.4) is 0 Å². The second kappa shape index (κ2) is 4.46. The van der Waals surface area contributed by atoms with Crippen molar-refractivity contribution in [3.8, 4) is 0 Å². The van der Waals surface area contributed by atoms with Crippen molar-refractivity contribution in [3.63, 3.8) is 0 Å². The first-order chi connectivity index (χ1) is 7.61. The molecule has 0 bridgehead atoms. The van der Waals surface area contributed by atoms with Crippen molar-refractivity contribution in [1.82, 2.24) is 4.98 Å². The predicted molar refractivity (Wildman–Crippen MR) is 67.2 cm³/mol. The second-order valence-electron chi connectivity index (χ2n) is 3.20. The summed E-state index contributed by atoms with van der Waals surface area (Å²) < 4.78 is 26.1. The molecule has 0 aliphatic carbocycles. The number of aromatic nitrogens is 1. The Hall–Kier alpha value is -1.02. The van der Waals surface area contributed by atoms with Crippen molar-refractivity contribution in [2.24, 2.45) is 5.84 Å². The number of nitrogens with two attached hydrogens (primary N) is 1. The lowest BCUT2D eigenvalue weighted by atomic mass is 10.1. The van der Waals surface area contributed by atoms with Gasteiger partial charge in [0.25, 0.3) is 6.43 Å². The molecule has 0 unspecified atom stereocenters. The molecule has 1 aromatic carbocycles. The topological polar surface area (TPSA) is 50.9 Å². The lowest BCUT2D eigenvalue weighted by Crippen LogP contribution is -2.08. The van der Waals surface area contributed by atoms with Gasteiger partial charge in [0.15, 0.2) is 0 Å². The third kappa shape index (κ3) is 2.07. The Kier molecular flexibility index (Phi) is 3.20. The summed E-state index contributed by atoms with van der Waals surface area (Å²) in [5, 5.41) is 0.735. The molecule has 1 heterocycles. The molecule has 0 spiro atoms. The molecule has 3 nitrogen and oxygen atoms in total. The first-order valence-corrected chi connectivity index (χ1v) is 5.54. The van der Waals surface area contributed by atoms with Crippen molar-refractivity contribution < 1.29 is 8.78 Å². The average Bonchev–Trinajstić information content (AvgIpc) is 2.27. The SMILES string of the molecule is NNc1cc(C(F)F)nc2ccc(I)cc12. The summed E-state index contributed by atoms with van der Waals surface area (Å²) in [7, 11) is 0. The van der Waals surface area contributed by atoms with Crippen molar-refractivity contribution in [2.45, 2.75) is 6.43 Å². The van der Waals surface area contributed by atoms with Gasteiger partial charge < -0.3 is 5.43 Å². The van der Waals surface area contributed by atoms with Crippen LogP contribution in [0.2, 0.25) is 0 Å². The number of nitrogen functional groups attached to an aromatic ring is 1. The van der Waals surface area contributed by atoms with E-state index in [-0.39, 0.29) is 5.69 Å². The molecule has 0 saturated carbocycles. The van der Waals surface area contributed by atoms with Crippen molar-refractivity contribution in [3.05, 3.63) is 33.5 Å². The Labute approximate surface area is 104 Å². The van der Waals surface area contributed by atoms with Crippen molar-refractivity contribution in [2.75, 3.05) is 5.43 Å². The van der Waals surface area contributed by atoms with Crippen molar-refractivity contribution in [1.29, 1.82) is 0 Å². The minimum absolute atomic E-state index is 0.276. The number of hydrogen-bond donors (Lipinski definition) is 2. The van der Waals surface area contributed by atoms with Crippen LogP contribution in [0.4, 0.5) is 14.5 Å². The molecule has 0 aliphatic heterocycles. The molecule has 0 fully saturated rings. The minimum atomic E-state index is -2.60. The first-order valence-electron chi connectivity index (χ1n) is 4.47. The quantitative estimate of drug-likeness (QED) is 0.504. The van der Waals surface area contributed by atoms with Crippen molar-refractivity contribution >= 4 is 39.2 Å². The summed E-state index contributed by atoms with van der Waals surface area (Å²) in [6, 6.07) is 6.62. The first kappa shape index (κ1) is 11.5. The fourth-order valence-corrected chi connectivity index (χ4v) is 1.94. The van der Waals surface area contributed by atoms with Gasteiger partial charge in [0.1, 0.15) is 5.69 Å². The highest BCUT2D eigenvalue weighted by atomic mass is 127. The zero-order valence-electron chi connectivity index (χ0n) is 8.05. The van der Waals surface area contributed by atoms with Crippen LogP contribution in [0.25, 0.3) is 10.9 Å². The maximum atomic E-state index is 12.6. The van der Waals surface area contributed by atoms with E-state index in [0.717, 1.165) is 8.96 Å². The van der Waals surface area contributed by atoms with Crippen LogP contribution in [0.1, 0.15) is 12.1 Å². The smallest absolute Gasteiger partial charge is 0.280 e. The summed E-state index contributed by atoms with van der Waals surface area (Å²) in [6.07, 6.45) is -2.60. The van der Waals surface area contributed by atoms with Crippen LogP contribution in [0, 0.1) is 3.57 Å². The third-order valence-corrected chi connectivity index (χ3v) is 2.84. The van der Waals surface area contributed by atoms with E-state index >= 15 is 0 Å². The average molecular weight is 335 g/mol.